The number of nitrogens with zero attached hydrogens (tertiary/aromatic N) is 3. The van der Waals surface area contributed by atoms with Crippen LogP contribution < -0.4 is 10.1 Å². The van der Waals surface area contributed by atoms with Gasteiger partial charge in [-0.15, -0.1) is 10.2 Å². The van der Waals surface area contributed by atoms with Crippen LogP contribution in [0.2, 0.25) is 0 Å². The van der Waals surface area contributed by atoms with E-state index in [-0.39, 0.29) is 11.7 Å². The number of nitrogens with one attached hydrogen (secondary N) is 1. The van der Waals surface area contributed by atoms with E-state index in [4.69, 9.17) is 4.74 Å². The molecule has 1 amide bonds. The third kappa shape index (κ3) is 4.54. The second-order valence-corrected chi connectivity index (χ2v) is 7.58. The van der Waals surface area contributed by atoms with Gasteiger partial charge in [-0.3, -0.25) is 4.79 Å². The fourth-order valence-electron chi connectivity index (χ4n) is 2.94. The average molecular weight is 395 g/mol. The van der Waals surface area contributed by atoms with Crippen LogP contribution in [-0.2, 0) is 11.3 Å². The first-order valence-electron chi connectivity index (χ1n) is 9.41. The number of rotatable bonds is 8. The van der Waals surface area contributed by atoms with Gasteiger partial charge < -0.3 is 14.6 Å². The normalized spacial score (nSPS) is 13.3. The summed E-state index contributed by atoms with van der Waals surface area (Å²) in [6.45, 7) is 2.90. The smallest absolute Gasteiger partial charge is 0.234 e. The van der Waals surface area contributed by atoms with Crippen LogP contribution in [0.15, 0.2) is 59.8 Å². The summed E-state index contributed by atoms with van der Waals surface area (Å²) in [6.07, 6.45) is 2.37. The third-order valence-electron chi connectivity index (χ3n) is 4.43. The second-order valence-electron chi connectivity index (χ2n) is 6.64. The van der Waals surface area contributed by atoms with Gasteiger partial charge in [0.2, 0.25) is 5.91 Å². The van der Waals surface area contributed by atoms with Gasteiger partial charge in [0.05, 0.1) is 5.75 Å². The predicted octanol–water partition coefficient (Wildman–Crippen LogP) is 4.70. The highest BCUT2D eigenvalue weighted by atomic mass is 32.2. The van der Waals surface area contributed by atoms with Crippen molar-refractivity contribution in [3.8, 4) is 11.5 Å². The summed E-state index contributed by atoms with van der Waals surface area (Å²) in [6, 6.07) is 16.9. The molecule has 0 aliphatic heterocycles. The maximum Gasteiger partial charge on any atom is 0.234 e. The minimum absolute atomic E-state index is 0.0829. The van der Waals surface area contributed by atoms with Crippen molar-refractivity contribution in [1.29, 1.82) is 0 Å². The molecule has 0 radical (unpaired) electrons. The van der Waals surface area contributed by atoms with Crippen LogP contribution in [0.25, 0.3) is 0 Å². The van der Waals surface area contributed by atoms with Crippen LogP contribution in [0.1, 0.15) is 31.5 Å². The molecule has 1 aromatic heterocycles. The van der Waals surface area contributed by atoms with Gasteiger partial charge in [-0.05, 0) is 44.0 Å². The molecule has 0 bridgehead atoms. The van der Waals surface area contributed by atoms with E-state index >= 15 is 0 Å². The van der Waals surface area contributed by atoms with E-state index in [9.17, 15) is 4.79 Å². The highest BCUT2D eigenvalue weighted by molar-refractivity contribution is 7.99. The van der Waals surface area contributed by atoms with Gasteiger partial charge in [0.25, 0.3) is 0 Å². The Bertz CT molecular complexity index is 954. The molecule has 0 unspecified atom stereocenters. The molecule has 1 N–H and O–H groups in total. The molecule has 4 rings (SSSR count). The Kier molecular flexibility index (Phi) is 5.62. The number of amides is 1. The first-order chi connectivity index (χ1) is 13.7. The van der Waals surface area contributed by atoms with E-state index in [0.717, 1.165) is 23.3 Å². The van der Waals surface area contributed by atoms with Crippen LogP contribution in [0.5, 0.6) is 11.5 Å². The molecule has 2 aromatic carbocycles. The fraction of sp³-hybridized carbons (Fsp3) is 0.286. The van der Waals surface area contributed by atoms with E-state index in [0.29, 0.717) is 17.4 Å². The second kappa shape index (κ2) is 8.48. The monoisotopic (exact) mass is 394 g/mol. The number of anilines is 1. The molecule has 144 valence electrons. The molecular weight excluding hydrogens is 372 g/mol. The van der Waals surface area contributed by atoms with Gasteiger partial charge >= 0.3 is 0 Å². The minimum Gasteiger partial charge on any atom is -0.457 e. The number of aromatic nitrogens is 3. The lowest BCUT2D eigenvalue weighted by atomic mass is 10.3. The number of para-hydroxylation sites is 1. The zero-order chi connectivity index (χ0) is 19.3. The Balaban J connectivity index is 1.34. The van der Waals surface area contributed by atoms with Gasteiger partial charge in [-0.1, -0.05) is 36.0 Å². The van der Waals surface area contributed by atoms with Crippen molar-refractivity contribution in [2.75, 3.05) is 11.1 Å². The van der Waals surface area contributed by atoms with E-state index in [1.54, 1.807) is 0 Å². The molecule has 1 saturated carbocycles. The van der Waals surface area contributed by atoms with Gasteiger partial charge in [0, 0.05) is 24.2 Å². The SMILES string of the molecule is CCn1c(SCC(=O)Nc2cccc(Oc3ccccc3)c2)nnc1C1CC1. The Labute approximate surface area is 168 Å². The molecular formula is C21H22N4O2S. The van der Waals surface area contributed by atoms with Crippen LogP contribution in [0.3, 0.4) is 0 Å². The summed E-state index contributed by atoms with van der Waals surface area (Å²) in [5.41, 5.74) is 0.703. The number of hydrogen-bond acceptors (Lipinski definition) is 5. The molecule has 1 heterocycles. The standard InChI is InChI=1S/C21H22N4O2S/c1-2-25-20(15-11-12-15)23-24-21(25)28-14-19(26)22-16-7-6-10-18(13-16)27-17-8-4-3-5-9-17/h3-10,13,15H,2,11-12,14H2,1H3,(H,22,26). The van der Waals surface area contributed by atoms with Crippen LogP contribution in [-0.4, -0.2) is 26.4 Å². The van der Waals surface area contributed by atoms with Crippen molar-refractivity contribution >= 4 is 23.4 Å². The van der Waals surface area contributed by atoms with Gasteiger partial charge in [0.15, 0.2) is 5.16 Å². The Hall–Kier alpha value is -2.80. The molecule has 0 spiro atoms. The summed E-state index contributed by atoms with van der Waals surface area (Å²) in [5, 5.41) is 12.3. The number of benzene rings is 2. The first-order valence-corrected chi connectivity index (χ1v) is 10.4. The Morgan fingerprint density at radius 3 is 2.68 bits per heavy atom. The molecule has 1 aliphatic rings. The molecule has 1 fully saturated rings. The van der Waals surface area contributed by atoms with Gasteiger partial charge in [-0.2, -0.15) is 0 Å². The molecule has 7 heteroatoms. The lowest BCUT2D eigenvalue weighted by Gasteiger charge is -2.09. The number of hydrogen-bond donors (Lipinski definition) is 1. The maximum absolute atomic E-state index is 12.4. The van der Waals surface area contributed by atoms with E-state index in [1.807, 2.05) is 54.6 Å². The molecule has 6 nitrogen and oxygen atoms in total. The molecule has 28 heavy (non-hydrogen) atoms. The summed E-state index contributed by atoms with van der Waals surface area (Å²) in [7, 11) is 0. The predicted molar refractivity (Wildman–Crippen MR) is 110 cm³/mol. The lowest BCUT2D eigenvalue weighted by Crippen LogP contribution is -2.14. The van der Waals surface area contributed by atoms with Crippen molar-refractivity contribution in [3.63, 3.8) is 0 Å². The van der Waals surface area contributed by atoms with Crippen LogP contribution in [0, 0.1) is 0 Å². The Morgan fingerprint density at radius 2 is 1.93 bits per heavy atom. The van der Waals surface area contributed by atoms with E-state index < -0.39 is 0 Å². The van der Waals surface area contributed by atoms with E-state index in [2.05, 4.69) is 27.0 Å². The van der Waals surface area contributed by atoms with Crippen molar-refractivity contribution < 1.29 is 9.53 Å². The molecule has 1 aliphatic carbocycles. The quantitative estimate of drug-likeness (QED) is 0.561. The highest BCUT2D eigenvalue weighted by Crippen LogP contribution is 2.40. The molecule has 0 atom stereocenters. The van der Waals surface area contributed by atoms with E-state index in [1.165, 1.54) is 24.6 Å². The largest absolute Gasteiger partial charge is 0.457 e. The zero-order valence-electron chi connectivity index (χ0n) is 15.7. The molecule has 3 aromatic rings. The zero-order valence-corrected chi connectivity index (χ0v) is 16.5. The van der Waals surface area contributed by atoms with Gasteiger partial charge in [-0.25, -0.2) is 0 Å². The van der Waals surface area contributed by atoms with Crippen molar-refractivity contribution in [2.45, 2.75) is 37.4 Å². The number of ether oxygens (including phenoxy) is 1. The van der Waals surface area contributed by atoms with Gasteiger partial charge in [0.1, 0.15) is 17.3 Å². The number of carbonyl (C=O) groups excluding carboxylic acids is 1. The third-order valence-corrected chi connectivity index (χ3v) is 5.40. The summed E-state index contributed by atoms with van der Waals surface area (Å²) in [4.78, 5) is 12.4. The van der Waals surface area contributed by atoms with Crippen molar-refractivity contribution in [3.05, 3.63) is 60.4 Å². The fourth-order valence-corrected chi connectivity index (χ4v) is 3.75. The van der Waals surface area contributed by atoms with Crippen LogP contribution >= 0.6 is 11.8 Å². The molecule has 0 saturated heterocycles. The average Bonchev–Trinajstić information content (AvgIpc) is 3.47. The number of carbonyl (C=O) groups is 1. The summed E-state index contributed by atoms with van der Waals surface area (Å²) >= 11 is 1.42. The van der Waals surface area contributed by atoms with Crippen molar-refractivity contribution in [1.82, 2.24) is 14.8 Å². The van der Waals surface area contributed by atoms with Crippen molar-refractivity contribution in [2.24, 2.45) is 0 Å². The number of thioether (sulfide) groups is 1. The summed E-state index contributed by atoms with van der Waals surface area (Å²) in [5.74, 6) is 3.23. The maximum atomic E-state index is 12.4. The highest BCUT2D eigenvalue weighted by Gasteiger charge is 2.30. The van der Waals surface area contributed by atoms with Crippen LogP contribution in [0.4, 0.5) is 5.69 Å². The first kappa shape index (κ1) is 18.6. The minimum atomic E-state index is -0.0829. The Morgan fingerprint density at radius 1 is 1.14 bits per heavy atom. The lowest BCUT2D eigenvalue weighted by molar-refractivity contribution is -0.113. The summed E-state index contributed by atoms with van der Waals surface area (Å²) < 4.78 is 7.93. The topological polar surface area (TPSA) is 69.0 Å².